The summed E-state index contributed by atoms with van der Waals surface area (Å²) in [7, 11) is 0. The summed E-state index contributed by atoms with van der Waals surface area (Å²) in [6, 6.07) is 1.78. The van der Waals surface area contributed by atoms with Crippen LogP contribution in [0.5, 0.6) is 0 Å². The Morgan fingerprint density at radius 1 is 1.47 bits per heavy atom. The van der Waals surface area contributed by atoms with Crippen LogP contribution in [0.3, 0.4) is 0 Å². The van der Waals surface area contributed by atoms with Gasteiger partial charge in [-0.25, -0.2) is 0 Å². The Balaban J connectivity index is 2.04. The summed E-state index contributed by atoms with van der Waals surface area (Å²) >= 11 is 0. The smallest absolute Gasteiger partial charge is 0.225 e. The van der Waals surface area contributed by atoms with Gasteiger partial charge < -0.3 is 10.4 Å². The van der Waals surface area contributed by atoms with Crippen LogP contribution in [0.1, 0.15) is 25.0 Å². The van der Waals surface area contributed by atoms with Crippen molar-refractivity contribution in [3.8, 4) is 0 Å². The maximum atomic E-state index is 11.3. The Labute approximate surface area is 88.9 Å². The van der Waals surface area contributed by atoms with Crippen molar-refractivity contribution in [2.75, 3.05) is 13.2 Å². The lowest BCUT2D eigenvalue weighted by Crippen LogP contribution is -2.26. The SMILES string of the molecule is O=C(Cc1ccn[nH]1)NCCCCCO. The van der Waals surface area contributed by atoms with Crippen molar-refractivity contribution in [2.45, 2.75) is 25.7 Å². The van der Waals surface area contributed by atoms with Crippen LogP contribution >= 0.6 is 0 Å². The molecule has 0 aromatic carbocycles. The fourth-order valence-corrected chi connectivity index (χ4v) is 1.26. The van der Waals surface area contributed by atoms with Crippen LogP contribution in [0.25, 0.3) is 0 Å². The molecule has 0 aliphatic carbocycles. The Morgan fingerprint density at radius 3 is 3.00 bits per heavy atom. The molecule has 0 spiro atoms. The van der Waals surface area contributed by atoms with E-state index >= 15 is 0 Å². The lowest BCUT2D eigenvalue weighted by molar-refractivity contribution is -0.120. The fraction of sp³-hybridized carbons (Fsp3) is 0.600. The normalized spacial score (nSPS) is 10.2. The monoisotopic (exact) mass is 211 g/mol. The van der Waals surface area contributed by atoms with E-state index in [-0.39, 0.29) is 12.5 Å². The number of H-pyrrole nitrogens is 1. The van der Waals surface area contributed by atoms with E-state index in [1.54, 1.807) is 12.3 Å². The summed E-state index contributed by atoms with van der Waals surface area (Å²) in [5.41, 5.74) is 0.822. The predicted octanol–water partition coefficient (Wildman–Crippen LogP) is 0.231. The number of unbranched alkanes of at least 4 members (excludes halogenated alkanes) is 2. The van der Waals surface area contributed by atoms with Gasteiger partial charge in [0.15, 0.2) is 0 Å². The maximum Gasteiger partial charge on any atom is 0.225 e. The molecule has 0 bridgehead atoms. The first-order valence-electron chi connectivity index (χ1n) is 5.18. The van der Waals surface area contributed by atoms with Crippen LogP contribution in [-0.4, -0.2) is 34.4 Å². The fourth-order valence-electron chi connectivity index (χ4n) is 1.26. The molecule has 0 atom stereocenters. The number of hydrogen-bond donors (Lipinski definition) is 3. The van der Waals surface area contributed by atoms with E-state index in [0.29, 0.717) is 13.0 Å². The molecule has 0 aliphatic heterocycles. The number of carbonyl (C=O) groups excluding carboxylic acids is 1. The quantitative estimate of drug-likeness (QED) is 0.565. The molecule has 0 saturated heterocycles. The summed E-state index contributed by atoms with van der Waals surface area (Å²) in [5, 5.41) is 17.9. The maximum absolute atomic E-state index is 11.3. The van der Waals surface area contributed by atoms with Crippen LogP contribution in [0.15, 0.2) is 12.3 Å². The largest absolute Gasteiger partial charge is 0.396 e. The van der Waals surface area contributed by atoms with E-state index in [9.17, 15) is 4.79 Å². The van der Waals surface area contributed by atoms with Gasteiger partial charge in [-0.05, 0) is 25.3 Å². The van der Waals surface area contributed by atoms with E-state index in [1.807, 2.05) is 0 Å². The van der Waals surface area contributed by atoms with Crippen molar-refractivity contribution in [3.63, 3.8) is 0 Å². The molecule has 5 heteroatoms. The first kappa shape index (κ1) is 11.7. The van der Waals surface area contributed by atoms with Crippen LogP contribution < -0.4 is 5.32 Å². The van der Waals surface area contributed by atoms with Gasteiger partial charge in [0, 0.05) is 25.0 Å². The highest BCUT2D eigenvalue weighted by Crippen LogP contribution is 1.94. The van der Waals surface area contributed by atoms with Gasteiger partial charge in [0.25, 0.3) is 0 Å². The minimum Gasteiger partial charge on any atom is -0.396 e. The molecule has 15 heavy (non-hydrogen) atoms. The van der Waals surface area contributed by atoms with Gasteiger partial charge >= 0.3 is 0 Å². The van der Waals surface area contributed by atoms with Gasteiger partial charge in [-0.2, -0.15) is 5.10 Å². The minimum atomic E-state index is 0.00301. The number of nitrogens with one attached hydrogen (secondary N) is 2. The number of aromatic nitrogens is 2. The van der Waals surface area contributed by atoms with Crippen LogP contribution in [0.4, 0.5) is 0 Å². The molecule has 0 unspecified atom stereocenters. The molecule has 5 nitrogen and oxygen atoms in total. The third-order valence-electron chi connectivity index (χ3n) is 2.07. The van der Waals surface area contributed by atoms with Crippen molar-refractivity contribution >= 4 is 5.91 Å². The van der Waals surface area contributed by atoms with Gasteiger partial charge in [0.05, 0.1) is 6.42 Å². The molecule has 0 fully saturated rings. The highest BCUT2D eigenvalue weighted by Gasteiger charge is 2.02. The molecule has 0 aliphatic rings. The highest BCUT2D eigenvalue weighted by molar-refractivity contribution is 5.77. The van der Waals surface area contributed by atoms with Crippen LogP contribution in [0, 0.1) is 0 Å². The Hall–Kier alpha value is -1.36. The third-order valence-corrected chi connectivity index (χ3v) is 2.07. The van der Waals surface area contributed by atoms with Crippen LogP contribution in [0.2, 0.25) is 0 Å². The number of nitrogens with zero attached hydrogens (tertiary/aromatic N) is 1. The molecule has 1 rings (SSSR count). The van der Waals surface area contributed by atoms with E-state index in [0.717, 1.165) is 25.0 Å². The average Bonchev–Trinajstić information content (AvgIpc) is 2.70. The lowest BCUT2D eigenvalue weighted by atomic mass is 10.2. The summed E-state index contributed by atoms with van der Waals surface area (Å²) in [6.07, 6.45) is 4.64. The Morgan fingerprint density at radius 2 is 2.33 bits per heavy atom. The zero-order chi connectivity index (χ0) is 10.9. The molecular formula is C10H17N3O2. The van der Waals surface area contributed by atoms with Gasteiger partial charge in [-0.15, -0.1) is 0 Å². The Bertz CT molecular complexity index is 272. The number of amides is 1. The number of hydrogen-bond acceptors (Lipinski definition) is 3. The molecule has 0 saturated carbocycles. The van der Waals surface area contributed by atoms with Crippen molar-refractivity contribution in [3.05, 3.63) is 18.0 Å². The van der Waals surface area contributed by atoms with Crippen LogP contribution in [-0.2, 0) is 11.2 Å². The van der Waals surface area contributed by atoms with Gasteiger partial charge in [0.2, 0.25) is 5.91 Å². The highest BCUT2D eigenvalue weighted by atomic mass is 16.2. The van der Waals surface area contributed by atoms with Crippen molar-refractivity contribution in [2.24, 2.45) is 0 Å². The Kier molecular flexibility index (Phi) is 5.47. The van der Waals surface area contributed by atoms with Gasteiger partial charge in [0.1, 0.15) is 0 Å². The zero-order valence-electron chi connectivity index (χ0n) is 8.70. The van der Waals surface area contributed by atoms with Gasteiger partial charge in [-0.1, -0.05) is 0 Å². The molecule has 84 valence electrons. The summed E-state index contributed by atoms with van der Waals surface area (Å²) in [5.74, 6) is 0.00301. The molecule has 1 heterocycles. The molecule has 0 radical (unpaired) electrons. The predicted molar refractivity (Wildman–Crippen MR) is 56.2 cm³/mol. The minimum absolute atomic E-state index is 0.00301. The van der Waals surface area contributed by atoms with Crippen molar-refractivity contribution in [1.29, 1.82) is 0 Å². The lowest BCUT2D eigenvalue weighted by Gasteiger charge is -2.03. The second-order valence-electron chi connectivity index (χ2n) is 3.39. The zero-order valence-corrected chi connectivity index (χ0v) is 8.70. The molecule has 1 aromatic heterocycles. The van der Waals surface area contributed by atoms with Gasteiger partial charge in [-0.3, -0.25) is 9.89 Å². The van der Waals surface area contributed by atoms with E-state index in [4.69, 9.17) is 5.11 Å². The molecule has 3 N–H and O–H groups in total. The van der Waals surface area contributed by atoms with E-state index < -0.39 is 0 Å². The third kappa shape index (κ3) is 5.17. The number of carbonyl (C=O) groups is 1. The molecule has 1 amide bonds. The second kappa shape index (κ2) is 7.00. The second-order valence-corrected chi connectivity index (χ2v) is 3.39. The summed E-state index contributed by atoms with van der Waals surface area (Å²) in [6.45, 7) is 0.898. The first-order chi connectivity index (χ1) is 7.33. The number of aliphatic hydroxyl groups excluding tert-OH is 1. The van der Waals surface area contributed by atoms with Crippen molar-refractivity contribution < 1.29 is 9.90 Å². The summed E-state index contributed by atoms with van der Waals surface area (Å²) < 4.78 is 0. The van der Waals surface area contributed by atoms with Crippen molar-refractivity contribution in [1.82, 2.24) is 15.5 Å². The standard InChI is InChI=1S/C10H17N3O2/c14-7-3-1-2-5-11-10(15)8-9-4-6-12-13-9/h4,6,14H,1-3,5,7-8H2,(H,11,15)(H,12,13). The van der Waals surface area contributed by atoms with E-state index in [1.165, 1.54) is 0 Å². The first-order valence-corrected chi connectivity index (χ1v) is 5.18. The molecule has 1 aromatic rings. The number of aromatic amines is 1. The topological polar surface area (TPSA) is 78.0 Å². The number of rotatable bonds is 7. The summed E-state index contributed by atoms with van der Waals surface area (Å²) in [4.78, 5) is 11.3. The average molecular weight is 211 g/mol. The van der Waals surface area contributed by atoms with E-state index in [2.05, 4.69) is 15.5 Å². The number of aliphatic hydroxyl groups is 1. The molecular weight excluding hydrogens is 194 g/mol.